The van der Waals surface area contributed by atoms with E-state index in [0.29, 0.717) is 6.61 Å². The Morgan fingerprint density at radius 3 is 2.54 bits per heavy atom. The molecule has 0 rings (SSSR count). The minimum absolute atomic E-state index is 0. The molecule has 0 atom stereocenters. The lowest BCUT2D eigenvalue weighted by molar-refractivity contribution is -0.125. The average molecular weight is 189 g/mol. The number of carbonyl (C=O) groups is 1. The smallest absolute Gasteiger partial charge is 0.245 e. The molecule has 0 aromatic rings. The van der Waals surface area contributed by atoms with Gasteiger partial charge in [-0.25, -0.2) is 0 Å². The van der Waals surface area contributed by atoms with Crippen molar-refractivity contribution in [3.8, 4) is 0 Å². The topological polar surface area (TPSA) is 38.3 Å². The highest BCUT2D eigenvalue weighted by Crippen LogP contribution is 2.11. The van der Waals surface area contributed by atoms with Crippen LogP contribution in [0.5, 0.6) is 0 Å². The van der Waals surface area contributed by atoms with Crippen molar-refractivity contribution in [2.45, 2.75) is 33.1 Å². The van der Waals surface area contributed by atoms with Gasteiger partial charge < -0.3 is 10.1 Å². The molecule has 0 saturated heterocycles. The van der Waals surface area contributed by atoms with Crippen molar-refractivity contribution in [1.29, 1.82) is 0 Å². The Kier molecular flexibility index (Phi) is 7.69. The summed E-state index contributed by atoms with van der Waals surface area (Å²) in [6.45, 7) is 5.26. The second-order valence-electron chi connectivity index (χ2n) is 3.20. The largest absolute Gasteiger partial charge is 0.372 e. The highest BCUT2D eigenvalue weighted by atomic mass is 16.5. The van der Waals surface area contributed by atoms with Crippen molar-refractivity contribution >= 4 is 5.91 Å². The minimum atomic E-state index is -0.0513. The van der Waals surface area contributed by atoms with E-state index < -0.39 is 0 Å². The first kappa shape index (κ1) is 12.4. The summed E-state index contributed by atoms with van der Waals surface area (Å²) in [7, 11) is 1.62. The summed E-state index contributed by atoms with van der Waals surface area (Å²) in [5.74, 6) is 0.689. The molecule has 13 heavy (non-hydrogen) atoms. The molecule has 0 aromatic carbocycles. The summed E-state index contributed by atoms with van der Waals surface area (Å²) in [5.41, 5.74) is 0. The maximum Gasteiger partial charge on any atom is 0.245 e. The molecule has 0 bridgehead atoms. The van der Waals surface area contributed by atoms with Crippen LogP contribution in [0.1, 0.15) is 34.5 Å². The first-order valence-electron chi connectivity index (χ1n) is 5.02. The van der Waals surface area contributed by atoms with Gasteiger partial charge in [0.25, 0.3) is 0 Å². The molecule has 0 aliphatic heterocycles. The molecule has 0 saturated carbocycles. The first-order chi connectivity index (χ1) is 6.24. The molecule has 3 nitrogen and oxygen atoms in total. The first-order valence-corrected chi connectivity index (χ1v) is 5.02. The summed E-state index contributed by atoms with van der Waals surface area (Å²) in [6.07, 6.45) is 3.45. The Morgan fingerprint density at radius 2 is 2.08 bits per heavy atom. The van der Waals surface area contributed by atoms with Gasteiger partial charge in [-0.2, -0.15) is 0 Å². The van der Waals surface area contributed by atoms with Crippen molar-refractivity contribution in [3.63, 3.8) is 0 Å². The minimum Gasteiger partial charge on any atom is -0.372 e. The zero-order valence-corrected chi connectivity index (χ0v) is 8.93. The van der Waals surface area contributed by atoms with Crippen LogP contribution in [0.3, 0.4) is 0 Å². The van der Waals surface area contributed by atoms with Crippen LogP contribution < -0.4 is 5.32 Å². The Morgan fingerprint density at radius 1 is 1.46 bits per heavy atom. The number of rotatable bonds is 7. The quantitative estimate of drug-likeness (QED) is 0.620. The van der Waals surface area contributed by atoms with Crippen LogP contribution in [0.2, 0.25) is 0 Å². The van der Waals surface area contributed by atoms with E-state index >= 15 is 0 Å². The fourth-order valence-electron chi connectivity index (χ4n) is 1.18. The van der Waals surface area contributed by atoms with Gasteiger partial charge in [-0.05, 0) is 12.3 Å². The molecular weight excluding hydrogens is 166 g/mol. The lowest BCUT2D eigenvalue weighted by atomic mass is 10.0. The molecule has 0 unspecified atom stereocenters. The zero-order valence-electron chi connectivity index (χ0n) is 8.93. The monoisotopic (exact) mass is 189 g/mol. The lowest BCUT2D eigenvalue weighted by Gasteiger charge is -2.11. The molecule has 0 aliphatic carbocycles. The fourth-order valence-corrected chi connectivity index (χ4v) is 1.18. The van der Waals surface area contributed by atoms with E-state index in [1.165, 1.54) is 12.8 Å². The van der Waals surface area contributed by atoms with Crippen LogP contribution in [-0.4, -0.2) is 26.2 Å². The third-order valence-corrected chi connectivity index (χ3v) is 2.34. The van der Waals surface area contributed by atoms with Crippen LogP contribution in [0, 0.1) is 5.92 Å². The number of ether oxygens (including phenoxy) is 1. The van der Waals surface area contributed by atoms with E-state index in [9.17, 15) is 4.79 Å². The van der Waals surface area contributed by atoms with Gasteiger partial charge in [-0.3, -0.25) is 4.79 Å². The summed E-state index contributed by atoms with van der Waals surface area (Å²) >= 11 is 0. The SMILES string of the molecule is CCC(CC)CCOCC(=O)NC.[HH]. The molecule has 0 aromatic heterocycles. The van der Waals surface area contributed by atoms with Gasteiger partial charge in [-0.15, -0.1) is 0 Å². The molecule has 0 heterocycles. The summed E-state index contributed by atoms with van der Waals surface area (Å²) in [6, 6.07) is 0. The van der Waals surface area contributed by atoms with Crippen molar-refractivity contribution in [2.24, 2.45) is 5.92 Å². The van der Waals surface area contributed by atoms with Crippen LogP contribution in [0.15, 0.2) is 0 Å². The van der Waals surface area contributed by atoms with E-state index in [-0.39, 0.29) is 13.9 Å². The van der Waals surface area contributed by atoms with Crippen molar-refractivity contribution in [3.05, 3.63) is 0 Å². The van der Waals surface area contributed by atoms with Gasteiger partial charge in [-0.1, -0.05) is 26.7 Å². The van der Waals surface area contributed by atoms with E-state index in [2.05, 4.69) is 19.2 Å². The molecular formula is C10H23NO2. The zero-order chi connectivity index (χ0) is 10.1. The normalized spacial score (nSPS) is 10.5. The third-order valence-electron chi connectivity index (χ3n) is 2.34. The predicted molar refractivity (Wildman–Crippen MR) is 55.7 cm³/mol. The average Bonchev–Trinajstić information content (AvgIpc) is 2.18. The maximum atomic E-state index is 10.8. The van der Waals surface area contributed by atoms with Crippen LogP contribution in [-0.2, 0) is 9.53 Å². The number of hydrogen-bond donors (Lipinski definition) is 1. The van der Waals surface area contributed by atoms with Crippen LogP contribution in [0.25, 0.3) is 0 Å². The van der Waals surface area contributed by atoms with Gasteiger partial charge in [0.1, 0.15) is 6.61 Å². The number of amides is 1. The Labute approximate surface area is 82.3 Å². The number of likely N-dealkylation sites (N-methyl/N-ethyl adjacent to an activating group) is 1. The number of hydrogen-bond acceptors (Lipinski definition) is 2. The molecule has 80 valence electrons. The molecule has 1 N–H and O–H groups in total. The van der Waals surface area contributed by atoms with Gasteiger partial charge in [0.15, 0.2) is 0 Å². The Bertz CT molecular complexity index is 138. The summed E-state index contributed by atoms with van der Waals surface area (Å²) in [5, 5.41) is 2.52. The van der Waals surface area contributed by atoms with Gasteiger partial charge in [0.2, 0.25) is 5.91 Å². The lowest BCUT2D eigenvalue weighted by Crippen LogP contribution is -2.23. The summed E-state index contributed by atoms with van der Waals surface area (Å²) < 4.78 is 5.21. The van der Waals surface area contributed by atoms with Crippen molar-refractivity contribution in [2.75, 3.05) is 20.3 Å². The molecule has 0 fully saturated rings. The third kappa shape index (κ3) is 6.58. The molecule has 3 heteroatoms. The van der Waals surface area contributed by atoms with E-state index in [4.69, 9.17) is 4.74 Å². The molecule has 0 aliphatic rings. The fraction of sp³-hybridized carbons (Fsp3) is 0.900. The van der Waals surface area contributed by atoms with Gasteiger partial charge >= 0.3 is 0 Å². The van der Waals surface area contributed by atoms with Crippen LogP contribution >= 0.6 is 0 Å². The summed E-state index contributed by atoms with van der Waals surface area (Å²) in [4.78, 5) is 10.8. The van der Waals surface area contributed by atoms with E-state index in [0.717, 1.165) is 12.3 Å². The Balaban J connectivity index is 0. The van der Waals surface area contributed by atoms with Crippen molar-refractivity contribution < 1.29 is 11.0 Å². The second-order valence-corrected chi connectivity index (χ2v) is 3.20. The second kappa shape index (κ2) is 8.05. The number of nitrogens with one attached hydrogen (secondary N) is 1. The van der Waals surface area contributed by atoms with Gasteiger partial charge in [0.05, 0.1) is 0 Å². The highest BCUT2D eigenvalue weighted by molar-refractivity contribution is 5.76. The van der Waals surface area contributed by atoms with Crippen molar-refractivity contribution in [1.82, 2.24) is 5.32 Å². The van der Waals surface area contributed by atoms with Gasteiger partial charge in [0, 0.05) is 15.1 Å². The van der Waals surface area contributed by atoms with E-state index in [1.807, 2.05) is 0 Å². The Hall–Kier alpha value is -0.570. The van der Waals surface area contributed by atoms with E-state index in [1.54, 1.807) is 7.05 Å². The standard InChI is InChI=1S/C10H21NO2.H2/c1-4-9(5-2)6-7-13-8-10(12)11-3;/h9H,4-8H2,1-3H3,(H,11,12);1H. The maximum absolute atomic E-state index is 10.8. The number of carbonyl (C=O) groups excluding carboxylic acids is 1. The van der Waals surface area contributed by atoms with Crippen LogP contribution in [0.4, 0.5) is 0 Å². The molecule has 0 radical (unpaired) electrons. The predicted octanol–water partition coefficient (Wildman–Crippen LogP) is 1.82. The highest BCUT2D eigenvalue weighted by Gasteiger charge is 2.03. The molecule has 1 amide bonds. The molecule has 0 spiro atoms.